The van der Waals surface area contributed by atoms with Gasteiger partial charge < -0.3 is 19.7 Å². The van der Waals surface area contributed by atoms with Gasteiger partial charge in [0.05, 0.1) is 23.7 Å². The van der Waals surface area contributed by atoms with Crippen molar-refractivity contribution in [1.29, 1.82) is 0 Å². The standard InChI is InChI=1S/C20H16Cl2N2O4/c1-28-18-13(22)7-6-12(21)17(18)19(25)24-9-15-11(8-16(24)20(26)27)10-4-2-3-5-14(10)23-15/h2-7,16,23H,8-9H2,1H3,(H,26,27). The molecule has 0 saturated carbocycles. The Bertz CT molecular complexity index is 1110. The second kappa shape index (κ2) is 7.04. The monoisotopic (exact) mass is 418 g/mol. The van der Waals surface area contributed by atoms with Crippen LogP contribution in [0.4, 0.5) is 0 Å². The Morgan fingerprint density at radius 1 is 1.18 bits per heavy atom. The summed E-state index contributed by atoms with van der Waals surface area (Å²) in [4.78, 5) is 29.9. The SMILES string of the molecule is COc1c(Cl)ccc(Cl)c1C(=O)N1Cc2[nH]c3ccccc3c2CC1C(=O)O. The van der Waals surface area contributed by atoms with E-state index < -0.39 is 17.9 Å². The number of hydrogen-bond donors (Lipinski definition) is 2. The van der Waals surface area contributed by atoms with Crippen molar-refractivity contribution in [2.75, 3.05) is 7.11 Å². The topological polar surface area (TPSA) is 82.6 Å². The lowest BCUT2D eigenvalue weighted by molar-refractivity contribution is -0.142. The van der Waals surface area contributed by atoms with Gasteiger partial charge in [0, 0.05) is 23.0 Å². The molecule has 2 aromatic carbocycles. The molecule has 28 heavy (non-hydrogen) atoms. The zero-order valence-electron chi connectivity index (χ0n) is 14.8. The maximum atomic E-state index is 13.3. The minimum absolute atomic E-state index is 0.0578. The molecule has 2 heterocycles. The Morgan fingerprint density at radius 2 is 1.89 bits per heavy atom. The quantitative estimate of drug-likeness (QED) is 0.669. The van der Waals surface area contributed by atoms with Crippen molar-refractivity contribution in [2.24, 2.45) is 0 Å². The number of aliphatic carboxylic acids is 1. The first-order valence-corrected chi connectivity index (χ1v) is 9.32. The number of ether oxygens (including phenoxy) is 1. The maximum absolute atomic E-state index is 13.3. The molecular weight excluding hydrogens is 403 g/mol. The molecular formula is C20H16Cl2N2O4. The van der Waals surface area contributed by atoms with Crippen LogP contribution < -0.4 is 4.74 Å². The average Bonchev–Trinajstić information content (AvgIpc) is 3.05. The molecule has 2 N–H and O–H groups in total. The first-order chi connectivity index (χ1) is 13.4. The van der Waals surface area contributed by atoms with Gasteiger partial charge in [0.15, 0.2) is 5.75 Å². The number of fused-ring (bicyclic) bond motifs is 3. The number of hydrogen-bond acceptors (Lipinski definition) is 3. The zero-order chi connectivity index (χ0) is 20.0. The largest absolute Gasteiger partial charge is 0.494 e. The maximum Gasteiger partial charge on any atom is 0.326 e. The summed E-state index contributed by atoms with van der Waals surface area (Å²) >= 11 is 12.4. The molecule has 6 nitrogen and oxygen atoms in total. The second-order valence-electron chi connectivity index (χ2n) is 6.56. The Hall–Kier alpha value is -2.70. The number of carboxylic acid groups (broad SMARTS) is 1. The summed E-state index contributed by atoms with van der Waals surface area (Å²) in [5.41, 5.74) is 2.69. The highest BCUT2D eigenvalue weighted by molar-refractivity contribution is 6.37. The third kappa shape index (κ3) is 2.89. The number of carbonyl (C=O) groups is 2. The number of rotatable bonds is 3. The van der Waals surface area contributed by atoms with E-state index in [1.165, 1.54) is 24.1 Å². The van der Waals surface area contributed by atoms with Crippen LogP contribution in [0.15, 0.2) is 36.4 Å². The summed E-state index contributed by atoms with van der Waals surface area (Å²) in [7, 11) is 1.38. The predicted molar refractivity (Wildman–Crippen MR) is 106 cm³/mol. The Morgan fingerprint density at radius 3 is 2.61 bits per heavy atom. The van der Waals surface area contributed by atoms with Crippen molar-refractivity contribution >= 4 is 46.0 Å². The van der Waals surface area contributed by atoms with E-state index in [0.29, 0.717) is 0 Å². The third-order valence-corrected chi connectivity index (χ3v) is 5.64. The molecule has 1 aliphatic heterocycles. The van der Waals surface area contributed by atoms with Gasteiger partial charge in [-0.3, -0.25) is 4.79 Å². The first kappa shape index (κ1) is 18.7. The van der Waals surface area contributed by atoms with Crippen LogP contribution in [0, 0.1) is 0 Å². The van der Waals surface area contributed by atoms with E-state index >= 15 is 0 Å². The summed E-state index contributed by atoms with van der Waals surface area (Å²) in [6.07, 6.45) is 0.195. The molecule has 1 aliphatic rings. The zero-order valence-corrected chi connectivity index (χ0v) is 16.3. The van der Waals surface area contributed by atoms with Crippen LogP contribution in [0.3, 0.4) is 0 Å². The third-order valence-electron chi connectivity index (χ3n) is 5.03. The van der Waals surface area contributed by atoms with Gasteiger partial charge in [-0.1, -0.05) is 41.4 Å². The average molecular weight is 419 g/mol. The fourth-order valence-electron chi connectivity index (χ4n) is 3.72. The van der Waals surface area contributed by atoms with Crippen molar-refractivity contribution in [3.8, 4) is 5.75 Å². The van der Waals surface area contributed by atoms with E-state index in [1.807, 2.05) is 24.3 Å². The smallest absolute Gasteiger partial charge is 0.326 e. The molecule has 0 fully saturated rings. The summed E-state index contributed by atoms with van der Waals surface area (Å²) in [5, 5.41) is 11.1. The number of nitrogens with zero attached hydrogens (tertiary/aromatic N) is 1. The molecule has 0 bridgehead atoms. The van der Waals surface area contributed by atoms with E-state index in [2.05, 4.69) is 4.98 Å². The molecule has 4 rings (SSSR count). The molecule has 0 radical (unpaired) electrons. The lowest BCUT2D eigenvalue weighted by Gasteiger charge is -2.33. The van der Waals surface area contributed by atoms with Crippen LogP contribution in [0.5, 0.6) is 5.75 Å². The van der Waals surface area contributed by atoms with Crippen molar-refractivity contribution in [3.05, 3.63) is 63.3 Å². The fraction of sp³-hybridized carbons (Fsp3) is 0.200. The highest BCUT2D eigenvalue weighted by Crippen LogP contribution is 2.37. The lowest BCUT2D eigenvalue weighted by atomic mass is 9.95. The minimum atomic E-state index is -1.08. The van der Waals surface area contributed by atoms with Gasteiger partial charge in [-0.25, -0.2) is 4.79 Å². The molecule has 1 aromatic heterocycles. The number of methoxy groups -OCH3 is 1. The van der Waals surface area contributed by atoms with Gasteiger partial charge in [-0.15, -0.1) is 0 Å². The Balaban J connectivity index is 1.82. The van der Waals surface area contributed by atoms with E-state index in [0.717, 1.165) is 22.2 Å². The summed E-state index contributed by atoms with van der Waals surface area (Å²) in [6.45, 7) is 0.117. The number of nitrogens with one attached hydrogen (secondary N) is 1. The number of H-pyrrole nitrogens is 1. The van der Waals surface area contributed by atoms with Crippen LogP contribution in [0.25, 0.3) is 10.9 Å². The van der Waals surface area contributed by atoms with Gasteiger partial charge in [0.2, 0.25) is 0 Å². The predicted octanol–water partition coefficient (Wildman–Crippen LogP) is 4.14. The van der Waals surface area contributed by atoms with Crippen molar-refractivity contribution in [2.45, 2.75) is 19.0 Å². The molecule has 0 saturated heterocycles. The van der Waals surface area contributed by atoms with Crippen LogP contribution in [-0.2, 0) is 17.8 Å². The van der Waals surface area contributed by atoms with Crippen LogP contribution >= 0.6 is 23.2 Å². The van der Waals surface area contributed by atoms with Crippen molar-refractivity contribution in [1.82, 2.24) is 9.88 Å². The van der Waals surface area contributed by atoms with Gasteiger partial charge in [0.25, 0.3) is 5.91 Å². The Kier molecular flexibility index (Phi) is 4.69. The number of para-hydroxylation sites is 1. The van der Waals surface area contributed by atoms with Gasteiger partial charge in [-0.2, -0.15) is 0 Å². The summed E-state index contributed by atoms with van der Waals surface area (Å²) in [6, 6.07) is 9.66. The number of carbonyl (C=O) groups excluding carboxylic acids is 1. The molecule has 0 spiro atoms. The van der Waals surface area contributed by atoms with E-state index in [4.69, 9.17) is 27.9 Å². The summed E-state index contributed by atoms with van der Waals surface area (Å²) < 4.78 is 5.26. The van der Waals surface area contributed by atoms with Crippen molar-refractivity contribution in [3.63, 3.8) is 0 Å². The van der Waals surface area contributed by atoms with E-state index in [1.54, 1.807) is 0 Å². The lowest BCUT2D eigenvalue weighted by Crippen LogP contribution is -2.48. The van der Waals surface area contributed by atoms with E-state index in [-0.39, 0.29) is 34.3 Å². The number of halogens is 2. The van der Waals surface area contributed by atoms with Crippen LogP contribution in [0.1, 0.15) is 21.6 Å². The second-order valence-corrected chi connectivity index (χ2v) is 7.37. The molecule has 1 atom stereocenters. The highest BCUT2D eigenvalue weighted by atomic mass is 35.5. The number of carboxylic acids is 1. The van der Waals surface area contributed by atoms with Crippen LogP contribution in [-0.4, -0.2) is 40.0 Å². The number of amides is 1. The molecule has 144 valence electrons. The van der Waals surface area contributed by atoms with Crippen LogP contribution in [0.2, 0.25) is 10.0 Å². The Labute approximate surface area is 170 Å². The van der Waals surface area contributed by atoms with Gasteiger partial charge >= 0.3 is 5.97 Å². The molecule has 1 amide bonds. The molecule has 8 heteroatoms. The molecule has 1 unspecified atom stereocenters. The fourth-order valence-corrected chi connectivity index (χ4v) is 4.18. The minimum Gasteiger partial charge on any atom is -0.494 e. The normalized spacial score (nSPS) is 16.1. The van der Waals surface area contributed by atoms with Crippen molar-refractivity contribution < 1.29 is 19.4 Å². The number of aromatic amines is 1. The van der Waals surface area contributed by atoms with E-state index in [9.17, 15) is 14.7 Å². The molecule has 0 aliphatic carbocycles. The van der Waals surface area contributed by atoms with Gasteiger partial charge in [0.1, 0.15) is 11.6 Å². The number of aromatic nitrogens is 1. The van der Waals surface area contributed by atoms with Gasteiger partial charge in [-0.05, 0) is 23.8 Å². The molecule has 3 aromatic rings. The highest BCUT2D eigenvalue weighted by Gasteiger charge is 2.38. The summed E-state index contributed by atoms with van der Waals surface area (Å²) in [5.74, 6) is -1.49. The first-order valence-electron chi connectivity index (χ1n) is 8.56. The number of benzene rings is 2.